The molecule has 9 heteroatoms. The molecule has 0 N–H and O–H groups in total. The fourth-order valence-corrected chi connectivity index (χ4v) is 6.92. The predicted octanol–water partition coefficient (Wildman–Crippen LogP) is 5.30. The number of fused-ring (bicyclic) bond motifs is 1. The van der Waals surface area contributed by atoms with Crippen LogP contribution in [-0.4, -0.2) is 56.4 Å². The van der Waals surface area contributed by atoms with Gasteiger partial charge in [0.05, 0.1) is 17.5 Å². The number of benzene rings is 2. The van der Waals surface area contributed by atoms with Crippen LogP contribution in [0.25, 0.3) is 0 Å². The van der Waals surface area contributed by atoms with Gasteiger partial charge in [0, 0.05) is 36.2 Å². The van der Waals surface area contributed by atoms with E-state index in [0.29, 0.717) is 31.2 Å². The van der Waals surface area contributed by atoms with Crippen LogP contribution < -0.4 is 0 Å². The molecule has 0 bridgehead atoms. The molecule has 36 heavy (non-hydrogen) atoms. The molecule has 0 aliphatic carbocycles. The zero-order valence-corrected chi connectivity index (χ0v) is 22.9. The van der Waals surface area contributed by atoms with Crippen LogP contribution >= 0.6 is 22.9 Å². The number of sulfonamides is 1. The van der Waals surface area contributed by atoms with Gasteiger partial charge in [-0.3, -0.25) is 4.79 Å². The Morgan fingerprint density at radius 1 is 1.14 bits per heavy atom. The molecular weight excluding hydrogens is 516 g/mol. The first-order valence-corrected chi connectivity index (χ1v) is 14.8. The first kappa shape index (κ1) is 26.8. The third-order valence-corrected chi connectivity index (χ3v) is 9.45. The van der Waals surface area contributed by atoms with Crippen LogP contribution in [0.1, 0.15) is 41.0 Å². The van der Waals surface area contributed by atoms with Crippen molar-refractivity contribution < 1.29 is 17.9 Å². The van der Waals surface area contributed by atoms with E-state index in [-0.39, 0.29) is 29.9 Å². The van der Waals surface area contributed by atoms with Crippen molar-refractivity contribution in [1.29, 1.82) is 0 Å². The number of carbonyl (C=O) groups is 1. The second-order valence-corrected chi connectivity index (χ2v) is 12.2. The topological polar surface area (TPSA) is 66.9 Å². The quantitative estimate of drug-likeness (QED) is 0.324. The first-order valence-electron chi connectivity index (χ1n) is 12.1. The molecule has 1 aliphatic rings. The largest absolute Gasteiger partial charge is 0.382 e. The summed E-state index contributed by atoms with van der Waals surface area (Å²) < 4.78 is 33.8. The Hall–Kier alpha value is -2.23. The molecular formula is C27H31ClN2O4S2. The van der Waals surface area contributed by atoms with Gasteiger partial charge in [-0.25, -0.2) is 8.42 Å². The van der Waals surface area contributed by atoms with Gasteiger partial charge in [0.25, 0.3) is 0 Å². The highest BCUT2D eigenvalue weighted by molar-refractivity contribution is 7.89. The van der Waals surface area contributed by atoms with Gasteiger partial charge in [-0.15, -0.1) is 11.3 Å². The monoisotopic (exact) mass is 546 g/mol. The lowest BCUT2D eigenvalue weighted by Gasteiger charge is -2.37. The van der Waals surface area contributed by atoms with E-state index in [1.54, 1.807) is 23.5 Å². The fourth-order valence-electron chi connectivity index (χ4n) is 4.46. The summed E-state index contributed by atoms with van der Waals surface area (Å²) in [5.41, 5.74) is 3.29. The molecule has 0 saturated carbocycles. The number of halogens is 1. The van der Waals surface area contributed by atoms with Crippen molar-refractivity contribution in [2.75, 3.05) is 32.8 Å². The smallest absolute Gasteiger partial charge is 0.243 e. The minimum Gasteiger partial charge on any atom is -0.382 e. The summed E-state index contributed by atoms with van der Waals surface area (Å²) in [5, 5.41) is 2.51. The number of amides is 1. The molecule has 0 fully saturated rings. The van der Waals surface area contributed by atoms with Crippen molar-refractivity contribution in [2.24, 2.45) is 0 Å². The summed E-state index contributed by atoms with van der Waals surface area (Å²) in [7, 11) is -3.90. The molecule has 0 unspecified atom stereocenters. The first-order chi connectivity index (χ1) is 17.3. The standard InChI is InChI=1S/C27H31ClN2O4S2/c1-3-34-17-4-15-29(36(32,33)23-11-9-22(28)10-12-23)19-26(31)30-16-13-25-24(14-18-35-25)27(30)21-7-5-20(2)6-8-21/h5-12,14,18,27H,3-4,13,15-17,19H2,1-2H3/t27-/m1/s1. The number of ether oxygens (including phenoxy) is 1. The van der Waals surface area contributed by atoms with E-state index >= 15 is 0 Å². The second kappa shape index (κ2) is 11.9. The van der Waals surface area contributed by atoms with E-state index in [2.05, 4.69) is 23.6 Å². The maximum atomic E-state index is 13.8. The van der Waals surface area contributed by atoms with Crippen LogP contribution in [0, 0.1) is 6.92 Å². The van der Waals surface area contributed by atoms with E-state index in [4.69, 9.17) is 16.3 Å². The van der Waals surface area contributed by atoms with Crippen LogP contribution in [0.15, 0.2) is 64.9 Å². The summed E-state index contributed by atoms with van der Waals surface area (Å²) in [4.78, 5) is 17.0. The van der Waals surface area contributed by atoms with Crippen LogP contribution in [0.4, 0.5) is 0 Å². The van der Waals surface area contributed by atoms with Crippen molar-refractivity contribution in [1.82, 2.24) is 9.21 Å². The molecule has 0 spiro atoms. The molecule has 0 radical (unpaired) electrons. The highest BCUT2D eigenvalue weighted by atomic mass is 35.5. The maximum absolute atomic E-state index is 13.8. The Balaban J connectivity index is 1.62. The SMILES string of the molecule is CCOCCCN(CC(=O)N1CCc2sccc2[C@H]1c1ccc(C)cc1)S(=O)(=O)c1ccc(Cl)cc1. The molecule has 1 aromatic heterocycles. The van der Waals surface area contributed by atoms with E-state index in [9.17, 15) is 13.2 Å². The number of hydrogen-bond acceptors (Lipinski definition) is 5. The van der Waals surface area contributed by atoms with E-state index in [0.717, 1.165) is 23.1 Å². The van der Waals surface area contributed by atoms with Gasteiger partial charge < -0.3 is 9.64 Å². The lowest BCUT2D eigenvalue weighted by atomic mass is 9.92. The number of nitrogens with zero attached hydrogens (tertiary/aromatic N) is 2. The second-order valence-electron chi connectivity index (χ2n) is 8.79. The Kier molecular flexibility index (Phi) is 8.85. The molecule has 1 atom stereocenters. The molecule has 0 saturated heterocycles. The maximum Gasteiger partial charge on any atom is 0.243 e. The molecule has 192 valence electrons. The number of rotatable bonds is 10. The van der Waals surface area contributed by atoms with E-state index in [1.807, 2.05) is 30.9 Å². The Labute approximate surface area is 222 Å². The average Bonchev–Trinajstić information content (AvgIpc) is 3.35. The average molecular weight is 547 g/mol. The summed E-state index contributed by atoms with van der Waals surface area (Å²) in [6.07, 6.45) is 1.25. The Morgan fingerprint density at radius 2 is 1.86 bits per heavy atom. The van der Waals surface area contributed by atoms with Gasteiger partial charge in [-0.2, -0.15) is 4.31 Å². The lowest BCUT2D eigenvalue weighted by Crippen LogP contribution is -2.47. The normalized spacial score (nSPS) is 15.8. The third kappa shape index (κ3) is 6.01. The molecule has 2 aromatic carbocycles. The molecule has 2 heterocycles. The summed E-state index contributed by atoms with van der Waals surface area (Å²) in [6.45, 7) is 5.39. The van der Waals surface area contributed by atoms with E-state index in [1.165, 1.54) is 21.3 Å². The zero-order chi connectivity index (χ0) is 25.7. The molecule has 3 aromatic rings. The van der Waals surface area contributed by atoms with Crippen molar-refractivity contribution in [3.63, 3.8) is 0 Å². The van der Waals surface area contributed by atoms with Crippen molar-refractivity contribution >= 4 is 38.9 Å². The number of hydrogen-bond donors (Lipinski definition) is 0. The van der Waals surface area contributed by atoms with Gasteiger partial charge in [-0.05, 0) is 73.5 Å². The van der Waals surface area contributed by atoms with Crippen LogP contribution in [0.2, 0.25) is 5.02 Å². The number of carbonyl (C=O) groups excluding carboxylic acids is 1. The minimum absolute atomic E-state index is 0.116. The molecule has 1 aliphatic heterocycles. The summed E-state index contributed by atoms with van der Waals surface area (Å²) in [5.74, 6) is -0.216. The Morgan fingerprint density at radius 3 is 2.56 bits per heavy atom. The van der Waals surface area contributed by atoms with Gasteiger partial charge in [0.2, 0.25) is 15.9 Å². The summed E-state index contributed by atoms with van der Waals surface area (Å²) in [6, 6.07) is 16.1. The van der Waals surface area contributed by atoms with Crippen LogP contribution in [0.5, 0.6) is 0 Å². The van der Waals surface area contributed by atoms with Gasteiger partial charge in [-0.1, -0.05) is 41.4 Å². The zero-order valence-electron chi connectivity index (χ0n) is 20.5. The number of aryl methyl sites for hydroxylation is 1. The van der Waals surface area contributed by atoms with Crippen molar-refractivity contribution in [3.8, 4) is 0 Å². The summed E-state index contributed by atoms with van der Waals surface area (Å²) >= 11 is 7.68. The fraction of sp³-hybridized carbons (Fsp3) is 0.370. The molecule has 1 amide bonds. The predicted molar refractivity (Wildman–Crippen MR) is 144 cm³/mol. The lowest BCUT2D eigenvalue weighted by molar-refractivity contribution is -0.133. The Bertz CT molecular complexity index is 1270. The van der Waals surface area contributed by atoms with Crippen molar-refractivity contribution in [2.45, 2.75) is 37.6 Å². The van der Waals surface area contributed by atoms with Crippen LogP contribution in [-0.2, 0) is 26.0 Å². The third-order valence-electron chi connectivity index (χ3n) is 6.34. The van der Waals surface area contributed by atoms with Gasteiger partial charge in [0.1, 0.15) is 0 Å². The number of thiophene rings is 1. The molecule has 4 rings (SSSR count). The molecule has 6 nitrogen and oxygen atoms in total. The highest BCUT2D eigenvalue weighted by Crippen LogP contribution is 2.38. The van der Waals surface area contributed by atoms with Crippen molar-refractivity contribution in [3.05, 3.63) is 86.6 Å². The van der Waals surface area contributed by atoms with E-state index < -0.39 is 10.0 Å². The van der Waals surface area contributed by atoms with Crippen LogP contribution in [0.3, 0.4) is 0 Å². The minimum atomic E-state index is -3.90. The highest BCUT2D eigenvalue weighted by Gasteiger charge is 2.35. The van der Waals surface area contributed by atoms with Gasteiger partial charge >= 0.3 is 0 Å². The van der Waals surface area contributed by atoms with Gasteiger partial charge in [0.15, 0.2) is 0 Å².